The molecule has 3 rings (SSSR count). The van der Waals surface area contributed by atoms with Gasteiger partial charge in [0, 0.05) is 29.9 Å². The largest absolute Gasteiger partial charge is 0.356 e. The fraction of sp³-hybridized carbons (Fsp3) is 0.208. The lowest BCUT2D eigenvalue weighted by Crippen LogP contribution is -2.29. The Morgan fingerprint density at radius 3 is 2.60 bits per heavy atom. The minimum absolute atomic E-state index is 0.0728. The van der Waals surface area contributed by atoms with E-state index in [1.807, 2.05) is 48.6 Å². The summed E-state index contributed by atoms with van der Waals surface area (Å²) in [6.45, 7) is 4.54. The van der Waals surface area contributed by atoms with E-state index in [-0.39, 0.29) is 11.8 Å². The van der Waals surface area contributed by atoms with Gasteiger partial charge in [-0.3, -0.25) is 9.59 Å². The molecule has 0 aliphatic carbocycles. The molecular formula is C24H24BrN3O2. The molecule has 0 aliphatic rings. The van der Waals surface area contributed by atoms with Crippen LogP contribution in [0.1, 0.15) is 40.5 Å². The van der Waals surface area contributed by atoms with Gasteiger partial charge in [0.2, 0.25) is 5.91 Å². The molecule has 2 N–H and O–H groups in total. The second-order valence-electron chi connectivity index (χ2n) is 7.10. The van der Waals surface area contributed by atoms with E-state index in [9.17, 15) is 9.59 Å². The van der Waals surface area contributed by atoms with Crippen molar-refractivity contribution in [1.82, 2.24) is 15.6 Å². The highest BCUT2D eigenvalue weighted by atomic mass is 79.9. The maximum atomic E-state index is 12.9. The summed E-state index contributed by atoms with van der Waals surface area (Å²) in [4.78, 5) is 28.5. The lowest BCUT2D eigenvalue weighted by Gasteiger charge is -2.10. The van der Waals surface area contributed by atoms with E-state index in [0.717, 1.165) is 26.6 Å². The van der Waals surface area contributed by atoms with Gasteiger partial charge in [-0.15, -0.1) is 0 Å². The number of nitrogens with one attached hydrogen (secondary N) is 2. The molecule has 6 heteroatoms. The first-order valence-electron chi connectivity index (χ1n) is 9.80. The zero-order valence-electron chi connectivity index (χ0n) is 17.0. The van der Waals surface area contributed by atoms with E-state index >= 15 is 0 Å². The van der Waals surface area contributed by atoms with Crippen molar-refractivity contribution in [2.24, 2.45) is 0 Å². The molecular weight excluding hydrogens is 442 g/mol. The molecule has 0 bridgehead atoms. The molecule has 2 aromatic carbocycles. The molecule has 1 heterocycles. The van der Waals surface area contributed by atoms with Gasteiger partial charge in [0.25, 0.3) is 5.91 Å². The van der Waals surface area contributed by atoms with Gasteiger partial charge in [0.15, 0.2) is 0 Å². The predicted molar refractivity (Wildman–Crippen MR) is 125 cm³/mol. The SMILES string of the molecule is CC(=O)NCCCNC(=O)c1cc(/C=C/c2cccc(C)c2)nc2ccc(Br)cc12. The van der Waals surface area contributed by atoms with Gasteiger partial charge in [-0.1, -0.05) is 51.8 Å². The number of carbonyl (C=O) groups is 2. The Morgan fingerprint density at radius 1 is 1.03 bits per heavy atom. The highest BCUT2D eigenvalue weighted by Gasteiger charge is 2.12. The summed E-state index contributed by atoms with van der Waals surface area (Å²) in [5.41, 5.74) is 4.32. The average molecular weight is 466 g/mol. The van der Waals surface area contributed by atoms with Crippen LogP contribution in [0.5, 0.6) is 0 Å². The van der Waals surface area contributed by atoms with E-state index in [0.29, 0.717) is 25.1 Å². The zero-order chi connectivity index (χ0) is 21.5. The zero-order valence-corrected chi connectivity index (χ0v) is 18.6. The Kier molecular flexibility index (Phi) is 7.36. The Balaban J connectivity index is 1.85. The second-order valence-corrected chi connectivity index (χ2v) is 8.01. The Labute approximate surface area is 184 Å². The van der Waals surface area contributed by atoms with Crippen LogP contribution in [0.3, 0.4) is 0 Å². The molecule has 3 aromatic rings. The molecule has 0 radical (unpaired) electrons. The van der Waals surface area contributed by atoms with Crippen LogP contribution < -0.4 is 10.6 Å². The number of hydrogen-bond donors (Lipinski definition) is 2. The molecule has 0 saturated carbocycles. The quantitative estimate of drug-likeness (QED) is 0.495. The fourth-order valence-electron chi connectivity index (χ4n) is 3.10. The molecule has 0 unspecified atom stereocenters. The summed E-state index contributed by atoms with van der Waals surface area (Å²) in [7, 11) is 0. The number of carbonyl (C=O) groups excluding carboxylic acids is 2. The van der Waals surface area contributed by atoms with E-state index in [1.54, 1.807) is 0 Å². The minimum atomic E-state index is -0.159. The summed E-state index contributed by atoms with van der Waals surface area (Å²) in [5, 5.41) is 6.45. The molecule has 1 aromatic heterocycles. The normalized spacial score (nSPS) is 11.0. The van der Waals surface area contributed by atoms with Crippen molar-refractivity contribution in [1.29, 1.82) is 0 Å². The van der Waals surface area contributed by atoms with Crippen molar-refractivity contribution in [3.05, 3.63) is 75.4 Å². The molecule has 0 spiro atoms. The third kappa shape index (κ3) is 6.00. The first-order valence-corrected chi connectivity index (χ1v) is 10.6. The summed E-state index contributed by atoms with van der Waals surface area (Å²) in [6, 6.07) is 15.7. The van der Waals surface area contributed by atoms with Gasteiger partial charge in [-0.25, -0.2) is 4.98 Å². The maximum Gasteiger partial charge on any atom is 0.252 e. The summed E-state index contributed by atoms with van der Waals surface area (Å²) in [6.07, 6.45) is 4.58. The van der Waals surface area contributed by atoms with Crippen molar-refractivity contribution in [2.75, 3.05) is 13.1 Å². The number of benzene rings is 2. The number of rotatable bonds is 7. The Hall–Kier alpha value is -2.99. The number of amides is 2. The predicted octanol–water partition coefficient (Wildman–Crippen LogP) is 4.73. The van der Waals surface area contributed by atoms with Crippen LogP contribution in [-0.4, -0.2) is 29.9 Å². The minimum Gasteiger partial charge on any atom is -0.356 e. The smallest absolute Gasteiger partial charge is 0.252 e. The number of hydrogen-bond acceptors (Lipinski definition) is 3. The standard InChI is InChI=1S/C24H24BrN3O2/c1-16-5-3-6-18(13-16)7-9-20-15-22(21-14-19(25)8-10-23(21)28-20)24(30)27-12-4-11-26-17(2)29/h3,5-10,13-15H,4,11-12H2,1-2H3,(H,26,29)(H,27,30)/b9-7+. The number of aryl methyl sites for hydroxylation is 1. The van der Waals surface area contributed by atoms with Crippen molar-refractivity contribution >= 4 is 50.8 Å². The number of halogens is 1. The first kappa shape index (κ1) is 21.7. The molecule has 0 saturated heterocycles. The van der Waals surface area contributed by atoms with Crippen LogP contribution in [0.25, 0.3) is 23.1 Å². The van der Waals surface area contributed by atoms with Gasteiger partial charge in [-0.2, -0.15) is 0 Å². The topological polar surface area (TPSA) is 71.1 Å². The molecule has 0 fully saturated rings. The molecule has 154 valence electrons. The Bertz CT molecular complexity index is 1110. The lowest BCUT2D eigenvalue weighted by molar-refractivity contribution is -0.118. The number of pyridine rings is 1. The van der Waals surface area contributed by atoms with Crippen LogP contribution in [0.15, 0.2) is 53.0 Å². The summed E-state index contributed by atoms with van der Waals surface area (Å²) >= 11 is 3.48. The number of nitrogens with zero attached hydrogens (tertiary/aromatic N) is 1. The first-order chi connectivity index (χ1) is 14.4. The van der Waals surface area contributed by atoms with Crippen LogP contribution in [-0.2, 0) is 4.79 Å². The monoisotopic (exact) mass is 465 g/mol. The Morgan fingerprint density at radius 2 is 1.83 bits per heavy atom. The third-order valence-electron chi connectivity index (χ3n) is 4.54. The van der Waals surface area contributed by atoms with Crippen LogP contribution >= 0.6 is 15.9 Å². The van der Waals surface area contributed by atoms with Crippen LogP contribution in [0.4, 0.5) is 0 Å². The van der Waals surface area contributed by atoms with Crippen molar-refractivity contribution < 1.29 is 9.59 Å². The van der Waals surface area contributed by atoms with Gasteiger partial charge >= 0.3 is 0 Å². The number of fused-ring (bicyclic) bond motifs is 1. The van der Waals surface area contributed by atoms with Crippen molar-refractivity contribution in [2.45, 2.75) is 20.3 Å². The third-order valence-corrected chi connectivity index (χ3v) is 5.03. The van der Waals surface area contributed by atoms with Crippen LogP contribution in [0, 0.1) is 6.92 Å². The maximum absolute atomic E-state index is 12.9. The van der Waals surface area contributed by atoms with Crippen molar-refractivity contribution in [3.63, 3.8) is 0 Å². The summed E-state index contributed by atoms with van der Waals surface area (Å²) < 4.78 is 0.888. The van der Waals surface area contributed by atoms with E-state index in [1.165, 1.54) is 12.5 Å². The molecule has 2 amide bonds. The summed E-state index contributed by atoms with van der Waals surface area (Å²) in [5.74, 6) is -0.232. The second kappa shape index (κ2) is 10.2. The highest BCUT2D eigenvalue weighted by Crippen LogP contribution is 2.24. The van der Waals surface area contributed by atoms with Gasteiger partial charge in [0.05, 0.1) is 16.8 Å². The lowest BCUT2D eigenvalue weighted by atomic mass is 10.1. The average Bonchev–Trinajstić information content (AvgIpc) is 2.71. The fourth-order valence-corrected chi connectivity index (χ4v) is 3.46. The van der Waals surface area contributed by atoms with Gasteiger partial charge < -0.3 is 10.6 Å². The van der Waals surface area contributed by atoms with Gasteiger partial charge in [0.1, 0.15) is 0 Å². The van der Waals surface area contributed by atoms with E-state index in [4.69, 9.17) is 4.98 Å². The molecule has 0 atom stereocenters. The highest BCUT2D eigenvalue weighted by molar-refractivity contribution is 9.10. The van der Waals surface area contributed by atoms with Gasteiger partial charge in [-0.05, 0) is 49.2 Å². The van der Waals surface area contributed by atoms with Crippen molar-refractivity contribution in [3.8, 4) is 0 Å². The molecule has 30 heavy (non-hydrogen) atoms. The van der Waals surface area contributed by atoms with Crippen LogP contribution in [0.2, 0.25) is 0 Å². The molecule has 5 nitrogen and oxygen atoms in total. The molecule has 0 aliphatic heterocycles. The van der Waals surface area contributed by atoms with E-state index in [2.05, 4.69) is 45.6 Å². The van der Waals surface area contributed by atoms with E-state index < -0.39 is 0 Å². The number of aromatic nitrogens is 1.